The maximum Gasteiger partial charge on any atom is 0.242 e. The van der Waals surface area contributed by atoms with Crippen molar-refractivity contribution in [2.45, 2.75) is 32.2 Å². The van der Waals surface area contributed by atoms with Crippen LogP contribution in [-0.4, -0.2) is 11.4 Å². The Hall–Kier alpha value is -1.51. The van der Waals surface area contributed by atoms with E-state index in [4.69, 9.17) is 5.73 Å². The lowest BCUT2D eigenvalue weighted by molar-refractivity contribution is -0.122. The van der Waals surface area contributed by atoms with E-state index in [9.17, 15) is 4.79 Å². The van der Waals surface area contributed by atoms with Crippen molar-refractivity contribution in [1.29, 1.82) is 0 Å². The molecule has 0 saturated carbocycles. The summed E-state index contributed by atoms with van der Waals surface area (Å²) in [5, 5.41) is 3.18. The van der Waals surface area contributed by atoms with Crippen LogP contribution in [0.25, 0.3) is 0 Å². The summed E-state index contributed by atoms with van der Waals surface area (Å²) >= 11 is 0. The first kappa shape index (κ1) is 11.6. The maximum atomic E-state index is 11.4. The molecule has 3 N–H and O–H groups in total. The number of primary amides is 1. The van der Waals surface area contributed by atoms with Gasteiger partial charge in [-0.25, -0.2) is 0 Å². The molecule has 0 aliphatic carbocycles. The second-order valence-corrected chi connectivity index (χ2v) is 3.94. The van der Waals surface area contributed by atoms with Crippen molar-refractivity contribution >= 4 is 11.6 Å². The summed E-state index contributed by atoms with van der Waals surface area (Å²) in [6.45, 7) is 3.87. The zero-order chi connectivity index (χ0) is 11.3. The minimum absolute atomic E-state index is 0.312. The largest absolute Gasteiger partial charge is 0.371 e. The zero-order valence-electron chi connectivity index (χ0n) is 9.29. The quantitative estimate of drug-likeness (QED) is 0.775. The Labute approximate surface area is 90.7 Å². The maximum absolute atomic E-state index is 11.4. The zero-order valence-corrected chi connectivity index (χ0v) is 9.29. The van der Waals surface area contributed by atoms with Gasteiger partial charge in [-0.15, -0.1) is 0 Å². The van der Waals surface area contributed by atoms with Crippen molar-refractivity contribution in [2.75, 3.05) is 5.32 Å². The minimum atomic E-state index is -0.657. The fourth-order valence-corrected chi connectivity index (χ4v) is 1.59. The van der Waals surface area contributed by atoms with Gasteiger partial charge in [0.2, 0.25) is 5.91 Å². The smallest absolute Gasteiger partial charge is 0.242 e. The summed E-state index contributed by atoms with van der Waals surface area (Å²) in [6, 6.07) is 9.64. The molecule has 0 spiro atoms. The van der Waals surface area contributed by atoms with E-state index in [-0.39, 0.29) is 5.91 Å². The predicted molar refractivity (Wildman–Crippen MR) is 62.6 cm³/mol. The van der Waals surface area contributed by atoms with Gasteiger partial charge in [0.05, 0.1) is 0 Å². The van der Waals surface area contributed by atoms with Crippen LogP contribution in [0.15, 0.2) is 30.3 Å². The van der Waals surface area contributed by atoms with Crippen molar-refractivity contribution in [2.24, 2.45) is 5.73 Å². The van der Waals surface area contributed by atoms with Gasteiger partial charge in [-0.05, 0) is 25.5 Å². The van der Waals surface area contributed by atoms with E-state index < -0.39 is 5.54 Å². The van der Waals surface area contributed by atoms with Crippen LogP contribution in [0.4, 0.5) is 5.69 Å². The van der Waals surface area contributed by atoms with Crippen molar-refractivity contribution in [3.8, 4) is 0 Å². The Kier molecular flexibility index (Phi) is 3.72. The number of anilines is 1. The molecule has 0 aliphatic rings. The number of amides is 1. The summed E-state index contributed by atoms with van der Waals surface area (Å²) < 4.78 is 0. The van der Waals surface area contributed by atoms with Gasteiger partial charge in [0.15, 0.2) is 0 Å². The molecule has 0 radical (unpaired) electrons. The molecule has 1 rings (SSSR count). The number of nitrogens with one attached hydrogen (secondary N) is 1. The summed E-state index contributed by atoms with van der Waals surface area (Å²) in [7, 11) is 0. The highest BCUT2D eigenvalue weighted by molar-refractivity contribution is 5.87. The molecule has 0 saturated heterocycles. The molecular formula is C12H18N2O. The van der Waals surface area contributed by atoms with Crippen molar-refractivity contribution in [3.63, 3.8) is 0 Å². The molecule has 1 unspecified atom stereocenters. The van der Waals surface area contributed by atoms with Gasteiger partial charge in [0, 0.05) is 5.69 Å². The summed E-state index contributed by atoms with van der Waals surface area (Å²) in [6.07, 6.45) is 1.65. The number of hydrogen-bond acceptors (Lipinski definition) is 2. The lowest BCUT2D eigenvalue weighted by Crippen LogP contribution is -2.47. The highest BCUT2D eigenvalue weighted by atomic mass is 16.1. The summed E-state index contributed by atoms with van der Waals surface area (Å²) in [4.78, 5) is 11.4. The van der Waals surface area contributed by atoms with Crippen molar-refractivity contribution in [3.05, 3.63) is 30.3 Å². The lowest BCUT2D eigenvalue weighted by Gasteiger charge is -2.28. The molecule has 0 heterocycles. The number of para-hydroxylation sites is 1. The van der Waals surface area contributed by atoms with E-state index in [1.165, 1.54) is 0 Å². The van der Waals surface area contributed by atoms with E-state index >= 15 is 0 Å². The number of benzene rings is 1. The number of nitrogens with two attached hydrogens (primary N) is 1. The average molecular weight is 206 g/mol. The van der Waals surface area contributed by atoms with Gasteiger partial charge >= 0.3 is 0 Å². The van der Waals surface area contributed by atoms with Crippen LogP contribution in [0.2, 0.25) is 0 Å². The van der Waals surface area contributed by atoms with E-state index in [2.05, 4.69) is 5.32 Å². The molecule has 0 bridgehead atoms. The molecule has 1 aromatic rings. The summed E-state index contributed by atoms with van der Waals surface area (Å²) in [5.41, 5.74) is 5.67. The minimum Gasteiger partial charge on any atom is -0.371 e. The Morgan fingerprint density at radius 3 is 2.47 bits per heavy atom. The molecule has 0 aliphatic heterocycles. The molecule has 1 atom stereocenters. The molecular weight excluding hydrogens is 188 g/mol. The number of carbonyl (C=O) groups is 1. The highest BCUT2D eigenvalue weighted by Crippen LogP contribution is 2.19. The third-order valence-electron chi connectivity index (χ3n) is 2.49. The SMILES string of the molecule is CCCC(C)(Nc1ccccc1)C(N)=O. The van der Waals surface area contributed by atoms with Gasteiger partial charge in [-0.1, -0.05) is 31.5 Å². The molecule has 0 fully saturated rings. The fourth-order valence-electron chi connectivity index (χ4n) is 1.59. The first-order valence-corrected chi connectivity index (χ1v) is 5.21. The normalized spacial score (nSPS) is 14.3. The topological polar surface area (TPSA) is 55.1 Å². The van der Waals surface area contributed by atoms with Crippen LogP contribution in [0, 0.1) is 0 Å². The van der Waals surface area contributed by atoms with Crippen LogP contribution in [0.1, 0.15) is 26.7 Å². The summed E-state index contributed by atoms with van der Waals surface area (Å²) in [5.74, 6) is -0.312. The Morgan fingerprint density at radius 2 is 2.00 bits per heavy atom. The van der Waals surface area contributed by atoms with Gasteiger partial charge in [-0.2, -0.15) is 0 Å². The number of rotatable bonds is 5. The van der Waals surface area contributed by atoms with Crippen LogP contribution in [-0.2, 0) is 4.79 Å². The number of hydrogen-bond donors (Lipinski definition) is 2. The van der Waals surface area contributed by atoms with Gasteiger partial charge in [0.1, 0.15) is 5.54 Å². The molecule has 3 heteroatoms. The van der Waals surface area contributed by atoms with Gasteiger partial charge in [-0.3, -0.25) is 4.79 Å². The average Bonchev–Trinajstić information content (AvgIpc) is 2.19. The van der Waals surface area contributed by atoms with E-state index in [0.717, 1.165) is 18.5 Å². The molecule has 3 nitrogen and oxygen atoms in total. The fraction of sp³-hybridized carbons (Fsp3) is 0.417. The van der Waals surface area contributed by atoms with E-state index in [0.29, 0.717) is 0 Å². The Morgan fingerprint density at radius 1 is 1.40 bits per heavy atom. The predicted octanol–water partition coefficient (Wildman–Crippen LogP) is 2.14. The lowest BCUT2D eigenvalue weighted by atomic mass is 9.95. The first-order chi connectivity index (χ1) is 7.08. The van der Waals surface area contributed by atoms with Gasteiger partial charge in [0.25, 0.3) is 0 Å². The highest BCUT2D eigenvalue weighted by Gasteiger charge is 2.29. The molecule has 1 aromatic carbocycles. The van der Waals surface area contributed by atoms with Crippen molar-refractivity contribution in [1.82, 2.24) is 0 Å². The third kappa shape index (κ3) is 2.98. The second-order valence-electron chi connectivity index (χ2n) is 3.94. The van der Waals surface area contributed by atoms with E-state index in [1.54, 1.807) is 0 Å². The Bertz CT molecular complexity index is 324. The second kappa shape index (κ2) is 4.82. The first-order valence-electron chi connectivity index (χ1n) is 5.21. The molecule has 0 aromatic heterocycles. The van der Waals surface area contributed by atoms with Crippen LogP contribution in [0.5, 0.6) is 0 Å². The van der Waals surface area contributed by atoms with E-state index in [1.807, 2.05) is 44.2 Å². The standard InChI is InChI=1S/C12H18N2O/c1-3-9-12(2,11(13)15)14-10-7-5-4-6-8-10/h4-8,14H,3,9H2,1-2H3,(H2,13,15). The molecule has 82 valence electrons. The molecule has 15 heavy (non-hydrogen) atoms. The van der Waals surface area contributed by atoms with Crippen LogP contribution < -0.4 is 11.1 Å². The van der Waals surface area contributed by atoms with Crippen LogP contribution in [0.3, 0.4) is 0 Å². The molecule has 1 amide bonds. The monoisotopic (exact) mass is 206 g/mol. The van der Waals surface area contributed by atoms with Crippen LogP contribution >= 0.6 is 0 Å². The van der Waals surface area contributed by atoms with Gasteiger partial charge < -0.3 is 11.1 Å². The third-order valence-corrected chi connectivity index (χ3v) is 2.49. The van der Waals surface area contributed by atoms with Crippen molar-refractivity contribution < 1.29 is 4.79 Å². The number of carbonyl (C=O) groups excluding carboxylic acids is 1. The Balaban J connectivity index is 2.80.